The van der Waals surface area contributed by atoms with Gasteiger partial charge in [-0.1, -0.05) is 11.6 Å². The number of benzene rings is 1. The Kier molecular flexibility index (Phi) is 7.12. The Morgan fingerprint density at radius 2 is 2.09 bits per heavy atom. The first kappa shape index (κ1) is 18.7. The maximum Gasteiger partial charge on any atom is 0.240 e. The van der Waals surface area contributed by atoms with Crippen LogP contribution in [0.1, 0.15) is 12.0 Å². The summed E-state index contributed by atoms with van der Waals surface area (Å²) >= 11 is 5.88. The van der Waals surface area contributed by atoms with Gasteiger partial charge in [0.25, 0.3) is 0 Å². The smallest absolute Gasteiger partial charge is 0.240 e. The van der Waals surface area contributed by atoms with Crippen LogP contribution in [0, 0.1) is 6.92 Å². The van der Waals surface area contributed by atoms with Gasteiger partial charge < -0.3 is 10.1 Å². The minimum absolute atomic E-state index is 0.270. The second kappa shape index (κ2) is 8.36. The van der Waals surface area contributed by atoms with E-state index in [9.17, 15) is 13.2 Å². The largest absolute Gasteiger partial charge is 0.385 e. The number of carbonyl (C=O) groups excluding carboxylic acids is 1. The molecule has 0 aliphatic rings. The zero-order valence-corrected chi connectivity index (χ0v) is 14.5. The number of carbonyl (C=O) groups is 1. The van der Waals surface area contributed by atoms with Crippen LogP contribution in [0.3, 0.4) is 0 Å². The number of hydrogen-bond donors (Lipinski definition) is 1. The number of methoxy groups -OCH3 is 1. The lowest BCUT2D eigenvalue weighted by Gasteiger charge is -2.23. The number of sulfonamides is 1. The van der Waals surface area contributed by atoms with Crippen LogP contribution < -0.4 is 9.62 Å². The van der Waals surface area contributed by atoms with Crippen molar-refractivity contribution >= 4 is 33.2 Å². The third-order valence-corrected chi connectivity index (χ3v) is 4.32. The molecule has 0 aliphatic heterocycles. The highest BCUT2D eigenvalue weighted by Crippen LogP contribution is 2.25. The molecule has 0 saturated carbocycles. The second-order valence-corrected chi connectivity index (χ2v) is 7.24. The number of halogens is 1. The molecule has 1 aromatic carbocycles. The molecule has 0 saturated heterocycles. The van der Waals surface area contributed by atoms with E-state index in [-0.39, 0.29) is 12.5 Å². The van der Waals surface area contributed by atoms with Crippen molar-refractivity contribution in [3.8, 4) is 0 Å². The molecule has 0 spiro atoms. The Morgan fingerprint density at radius 3 is 2.64 bits per heavy atom. The minimum Gasteiger partial charge on any atom is -0.385 e. The lowest BCUT2D eigenvalue weighted by atomic mass is 10.2. The molecular weight excluding hydrogens is 328 g/mol. The summed E-state index contributed by atoms with van der Waals surface area (Å²) in [5.74, 6) is -0.365. The first-order chi connectivity index (χ1) is 10.3. The van der Waals surface area contributed by atoms with Gasteiger partial charge in [-0.2, -0.15) is 0 Å². The second-order valence-electron chi connectivity index (χ2n) is 4.90. The van der Waals surface area contributed by atoms with Gasteiger partial charge in [0.05, 0.1) is 11.9 Å². The Balaban J connectivity index is 2.85. The Hall–Kier alpha value is -1.31. The molecule has 1 aromatic rings. The monoisotopic (exact) mass is 348 g/mol. The lowest BCUT2D eigenvalue weighted by molar-refractivity contribution is -0.119. The molecule has 124 valence electrons. The Morgan fingerprint density at radius 1 is 1.41 bits per heavy atom. The average molecular weight is 349 g/mol. The summed E-state index contributed by atoms with van der Waals surface area (Å²) < 4.78 is 29.9. The standard InChI is InChI=1S/C14H21ClN2O4S/c1-11-9-12(15)5-6-13(11)17(22(3,19)20)10-14(18)16-7-4-8-21-2/h5-6,9H,4,7-8,10H2,1-3H3,(H,16,18). The molecule has 1 rings (SSSR count). The highest BCUT2D eigenvalue weighted by atomic mass is 35.5. The molecule has 6 nitrogen and oxygen atoms in total. The van der Waals surface area contributed by atoms with E-state index in [1.165, 1.54) is 0 Å². The molecule has 0 aliphatic carbocycles. The molecule has 0 atom stereocenters. The lowest BCUT2D eigenvalue weighted by Crippen LogP contribution is -2.41. The zero-order valence-electron chi connectivity index (χ0n) is 12.9. The number of hydrogen-bond acceptors (Lipinski definition) is 4. The maximum absolute atomic E-state index is 12.0. The predicted molar refractivity (Wildman–Crippen MR) is 87.9 cm³/mol. The molecule has 22 heavy (non-hydrogen) atoms. The van der Waals surface area contributed by atoms with Gasteiger partial charge in [0.15, 0.2) is 0 Å². The van der Waals surface area contributed by atoms with Crippen molar-refractivity contribution in [3.05, 3.63) is 28.8 Å². The van der Waals surface area contributed by atoms with Gasteiger partial charge in [0.2, 0.25) is 15.9 Å². The molecular formula is C14H21ClN2O4S. The molecule has 0 unspecified atom stereocenters. The van der Waals surface area contributed by atoms with Crippen LogP contribution in [0.4, 0.5) is 5.69 Å². The molecule has 0 bridgehead atoms. The summed E-state index contributed by atoms with van der Waals surface area (Å²) in [6.45, 7) is 2.44. The van der Waals surface area contributed by atoms with Gasteiger partial charge in [-0.3, -0.25) is 9.10 Å². The van der Waals surface area contributed by atoms with Gasteiger partial charge in [-0.25, -0.2) is 8.42 Å². The van der Waals surface area contributed by atoms with Crippen molar-refractivity contribution in [1.29, 1.82) is 0 Å². The fourth-order valence-electron chi connectivity index (χ4n) is 1.91. The maximum atomic E-state index is 12.0. The van der Waals surface area contributed by atoms with E-state index in [4.69, 9.17) is 16.3 Å². The third-order valence-electron chi connectivity index (χ3n) is 2.96. The summed E-state index contributed by atoms with van der Waals surface area (Å²) in [7, 11) is -2.00. The average Bonchev–Trinajstić information content (AvgIpc) is 2.41. The first-order valence-corrected chi connectivity index (χ1v) is 8.98. The summed E-state index contributed by atoms with van der Waals surface area (Å²) in [4.78, 5) is 11.9. The van der Waals surface area contributed by atoms with Gasteiger partial charge in [0.1, 0.15) is 6.54 Å². The van der Waals surface area contributed by atoms with Crippen LogP contribution >= 0.6 is 11.6 Å². The van der Waals surface area contributed by atoms with E-state index in [1.54, 1.807) is 32.2 Å². The molecule has 1 amide bonds. The summed E-state index contributed by atoms with van der Waals surface area (Å²) in [5.41, 5.74) is 1.13. The van der Waals surface area contributed by atoms with E-state index >= 15 is 0 Å². The minimum atomic E-state index is -3.58. The van der Waals surface area contributed by atoms with Crippen LogP contribution in [0.2, 0.25) is 5.02 Å². The fraction of sp³-hybridized carbons (Fsp3) is 0.500. The molecule has 0 fully saturated rings. The summed E-state index contributed by atoms with van der Waals surface area (Å²) in [6, 6.07) is 4.85. The van der Waals surface area contributed by atoms with Crippen LogP contribution in [-0.2, 0) is 19.6 Å². The van der Waals surface area contributed by atoms with Gasteiger partial charge in [-0.05, 0) is 37.1 Å². The van der Waals surface area contributed by atoms with E-state index in [0.29, 0.717) is 35.8 Å². The van der Waals surface area contributed by atoms with E-state index in [1.807, 2.05) is 0 Å². The SMILES string of the molecule is COCCCNC(=O)CN(c1ccc(Cl)cc1C)S(C)(=O)=O. The number of amides is 1. The molecule has 0 radical (unpaired) electrons. The van der Waals surface area contributed by atoms with Crippen molar-refractivity contribution in [1.82, 2.24) is 5.32 Å². The molecule has 0 heterocycles. The number of aryl methyl sites for hydroxylation is 1. The number of nitrogens with zero attached hydrogens (tertiary/aromatic N) is 1. The van der Waals surface area contributed by atoms with Crippen molar-refractivity contribution in [3.63, 3.8) is 0 Å². The Labute approximate surface area is 136 Å². The molecule has 1 N–H and O–H groups in total. The number of rotatable bonds is 8. The first-order valence-electron chi connectivity index (χ1n) is 6.75. The quantitative estimate of drug-likeness (QED) is 0.723. The fourth-order valence-corrected chi connectivity index (χ4v) is 3.05. The van der Waals surface area contributed by atoms with Crippen LogP contribution in [0.25, 0.3) is 0 Å². The molecule has 0 aromatic heterocycles. The number of anilines is 1. The summed E-state index contributed by atoms with van der Waals surface area (Å²) in [6.07, 6.45) is 1.74. The summed E-state index contributed by atoms with van der Waals surface area (Å²) in [5, 5.41) is 3.18. The van der Waals surface area contributed by atoms with Crippen molar-refractivity contribution in [2.75, 3.05) is 37.4 Å². The number of nitrogens with one attached hydrogen (secondary N) is 1. The van der Waals surface area contributed by atoms with Gasteiger partial charge in [0, 0.05) is 25.3 Å². The highest BCUT2D eigenvalue weighted by Gasteiger charge is 2.22. The highest BCUT2D eigenvalue weighted by molar-refractivity contribution is 7.92. The predicted octanol–water partition coefficient (Wildman–Crippen LogP) is 1.57. The van der Waals surface area contributed by atoms with Crippen LogP contribution in [-0.4, -0.2) is 47.4 Å². The normalized spacial score (nSPS) is 11.3. The number of ether oxygens (including phenoxy) is 1. The van der Waals surface area contributed by atoms with Gasteiger partial charge in [-0.15, -0.1) is 0 Å². The third kappa shape index (κ3) is 5.82. The topological polar surface area (TPSA) is 75.7 Å². The zero-order chi connectivity index (χ0) is 16.8. The van der Waals surface area contributed by atoms with Crippen LogP contribution in [0.15, 0.2) is 18.2 Å². The Bertz CT molecular complexity index is 619. The van der Waals surface area contributed by atoms with E-state index in [2.05, 4.69) is 5.32 Å². The van der Waals surface area contributed by atoms with Gasteiger partial charge >= 0.3 is 0 Å². The van der Waals surface area contributed by atoms with E-state index in [0.717, 1.165) is 10.6 Å². The van der Waals surface area contributed by atoms with Crippen molar-refractivity contribution in [2.45, 2.75) is 13.3 Å². The van der Waals surface area contributed by atoms with E-state index < -0.39 is 10.0 Å². The van der Waals surface area contributed by atoms with Crippen LogP contribution in [0.5, 0.6) is 0 Å². The molecule has 8 heteroatoms. The van der Waals surface area contributed by atoms with Crippen molar-refractivity contribution in [2.24, 2.45) is 0 Å². The van der Waals surface area contributed by atoms with Crippen molar-refractivity contribution < 1.29 is 17.9 Å².